The molecule has 0 saturated carbocycles. The molecule has 314 valence electrons. The molecule has 3 aromatic rings. The molecule has 3 rings (SSSR count). The van der Waals surface area contributed by atoms with Gasteiger partial charge in [0.1, 0.15) is 0 Å². The number of halogens is 26. The first kappa shape index (κ1) is 45.4. The third kappa shape index (κ3) is 6.79. The number of rotatable bonds is 14. The quantitative estimate of drug-likeness (QED) is 0.0914. The van der Waals surface area contributed by atoms with Gasteiger partial charge in [-0.2, -0.15) is 79.0 Å². The third-order valence-corrected chi connectivity index (χ3v) is 6.41. The first-order chi connectivity index (χ1) is 25.1. The minimum atomic E-state index is -8.87. The lowest BCUT2D eigenvalue weighted by molar-refractivity contribution is -0.447. The predicted octanol–water partition coefficient (Wildman–Crippen LogP) is 9.94. The SMILES string of the molecule is Fc1c(F)c(F)c(Oc2nc(OCC(F)(F)C(F)(F)C(F)(F)C(F)(F)C(F)(F)C(F)(F)C(F)(F)C(F)F)nc(Oc3c(F)c(F)c(F)c(F)c3F)n2)c(F)c1F. The third-order valence-electron chi connectivity index (χ3n) is 6.41. The first-order valence-electron chi connectivity index (χ1n) is 12.8. The maximum Gasteiger partial charge on any atom is 0.385 e. The highest BCUT2D eigenvalue weighted by atomic mass is 19.4. The van der Waals surface area contributed by atoms with E-state index >= 15 is 0 Å². The molecule has 0 fully saturated rings. The zero-order valence-electron chi connectivity index (χ0n) is 24.7. The van der Waals surface area contributed by atoms with Crippen molar-refractivity contribution in [3.05, 3.63) is 58.2 Å². The van der Waals surface area contributed by atoms with Gasteiger partial charge < -0.3 is 14.2 Å². The van der Waals surface area contributed by atoms with E-state index in [1.807, 2.05) is 0 Å². The second-order valence-electron chi connectivity index (χ2n) is 9.97. The molecule has 0 unspecified atom stereocenters. The summed E-state index contributed by atoms with van der Waals surface area (Å²) in [5.41, 5.74) is 0. The van der Waals surface area contributed by atoms with Crippen molar-refractivity contribution in [3.8, 4) is 29.5 Å². The van der Waals surface area contributed by atoms with Gasteiger partial charge in [0.05, 0.1) is 0 Å². The molecule has 0 atom stereocenters. The molecule has 0 aliphatic carbocycles. The van der Waals surface area contributed by atoms with Crippen molar-refractivity contribution in [3.63, 3.8) is 0 Å². The van der Waals surface area contributed by atoms with E-state index in [4.69, 9.17) is 0 Å². The number of hydrogen-bond donors (Lipinski definition) is 0. The van der Waals surface area contributed by atoms with Crippen LogP contribution in [0.5, 0.6) is 29.5 Å². The molecule has 0 radical (unpaired) electrons. The zero-order chi connectivity index (χ0) is 43.7. The van der Waals surface area contributed by atoms with Gasteiger partial charge in [-0.05, 0) is 0 Å². The average molecular weight is 875 g/mol. The monoisotopic (exact) mass is 875 g/mol. The molecule has 0 spiro atoms. The largest absolute Gasteiger partial charge is 0.457 e. The Morgan fingerprint density at radius 1 is 0.375 bits per heavy atom. The fourth-order valence-corrected chi connectivity index (χ4v) is 3.42. The lowest BCUT2D eigenvalue weighted by atomic mass is 9.89. The van der Waals surface area contributed by atoms with Crippen LogP contribution in [0.4, 0.5) is 114 Å². The molecule has 0 amide bonds. The van der Waals surface area contributed by atoms with Gasteiger partial charge in [0, 0.05) is 0 Å². The van der Waals surface area contributed by atoms with E-state index in [1.165, 1.54) is 0 Å². The molecular formula is C24H3F26N3O3. The van der Waals surface area contributed by atoms with E-state index in [9.17, 15) is 114 Å². The van der Waals surface area contributed by atoms with Crippen LogP contribution in [0.1, 0.15) is 0 Å². The van der Waals surface area contributed by atoms with Crippen LogP contribution < -0.4 is 14.2 Å². The standard InChI is InChI=1S/C24H3F26N3O3/c25-2-4(27)8(31)12(9(32)5(2)28)55-16-51-15(52-17(53-16)56-13-10(33)6(29)3(26)7(30)11(13)34)54-1-18(37,38)20(41,42)22(45,46)24(49,50)23(47,48)21(43,44)19(39,40)14(35)36/h14H,1H2. The number of alkyl halides is 16. The van der Waals surface area contributed by atoms with Crippen LogP contribution in [0.25, 0.3) is 0 Å². The summed E-state index contributed by atoms with van der Waals surface area (Å²) in [5.74, 6) is -92.8. The van der Waals surface area contributed by atoms with Gasteiger partial charge in [-0.1, -0.05) is 0 Å². The van der Waals surface area contributed by atoms with Crippen molar-refractivity contribution >= 4 is 0 Å². The lowest BCUT2D eigenvalue weighted by Gasteiger charge is -2.42. The van der Waals surface area contributed by atoms with Crippen molar-refractivity contribution in [2.45, 2.75) is 47.9 Å². The van der Waals surface area contributed by atoms with Crippen LogP contribution in [0.3, 0.4) is 0 Å². The summed E-state index contributed by atoms with van der Waals surface area (Å²) in [4.78, 5) is 7.46. The molecular weight excluding hydrogens is 872 g/mol. The van der Waals surface area contributed by atoms with E-state index < -0.39 is 142 Å². The van der Waals surface area contributed by atoms with Crippen LogP contribution in [0.2, 0.25) is 0 Å². The molecule has 6 nitrogen and oxygen atoms in total. The van der Waals surface area contributed by atoms with Crippen LogP contribution in [0, 0.1) is 58.2 Å². The minimum Gasteiger partial charge on any atom is -0.457 e. The number of ether oxygens (including phenoxy) is 3. The number of aromatic nitrogens is 3. The number of hydrogen-bond acceptors (Lipinski definition) is 6. The normalized spacial score (nSPS) is 13.8. The Morgan fingerprint density at radius 2 is 0.643 bits per heavy atom. The van der Waals surface area contributed by atoms with Gasteiger partial charge in [0.15, 0.2) is 6.61 Å². The molecule has 32 heteroatoms. The van der Waals surface area contributed by atoms with Crippen molar-refractivity contribution in [2.75, 3.05) is 6.61 Å². The van der Waals surface area contributed by atoms with Crippen LogP contribution >= 0.6 is 0 Å². The van der Waals surface area contributed by atoms with E-state index in [-0.39, 0.29) is 0 Å². The van der Waals surface area contributed by atoms with Crippen LogP contribution in [-0.4, -0.2) is 69.4 Å². The second-order valence-corrected chi connectivity index (χ2v) is 9.97. The van der Waals surface area contributed by atoms with E-state index in [1.54, 1.807) is 0 Å². The summed E-state index contributed by atoms with van der Waals surface area (Å²) in [5, 5.41) is 0. The molecule has 0 saturated heterocycles. The number of benzene rings is 2. The zero-order valence-corrected chi connectivity index (χ0v) is 24.7. The maximum absolute atomic E-state index is 14.4. The highest BCUT2D eigenvalue weighted by molar-refractivity contribution is 5.34. The van der Waals surface area contributed by atoms with Gasteiger partial charge in [-0.25, -0.2) is 35.1 Å². The summed E-state index contributed by atoms with van der Waals surface area (Å²) < 4.78 is 367. The minimum absolute atomic E-state index is 2.31. The molecule has 56 heavy (non-hydrogen) atoms. The van der Waals surface area contributed by atoms with Gasteiger partial charge in [-0.15, -0.1) is 15.0 Å². The Labute approximate surface area is 286 Å². The highest BCUT2D eigenvalue weighted by Gasteiger charge is 2.93. The smallest absolute Gasteiger partial charge is 0.385 e. The Hall–Kier alpha value is -4.97. The predicted molar refractivity (Wildman–Crippen MR) is 119 cm³/mol. The molecule has 1 heterocycles. The van der Waals surface area contributed by atoms with Crippen LogP contribution in [-0.2, 0) is 0 Å². The summed E-state index contributed by atoms with van der Waals surface area (Å²) in [6.45, 7) is -3.85. The summed E-state index contributed by atoms with van der Waals surface area (Å²) in [7, 11) is 0. The van der Waals surface area contributed by atoms with Crippen molar-refractivity contribution < 1.29 is 128 Å². The Balaban J connectivity index is 2.15. The molecule has 0 bridgehead atoms. The fraction of sp³-hybridized carbons (Fsp3) is 0.375. The average Bonchev–Trinajstić information content (AvgIpc) is 3.10. The Morgan fingerprint density at radius 3 is 0.964 bits per heavy atom. The fourth-order valence-electron chi connectivity index (χ4n) is 3.42. The second kappa shape index (κ2) is 14.2. The molecule has 0 aliphatic heterocycles. The van der Waals surface area contributed by atoms with Crippen molar-refractivity contribution in [1.29, 1.82) is 0 Å². The van der Waals surface area contributed by atoms with E-state index in [0.717, 1.165) is 0 Å². The van der Waals surface area contributed by atoms with Gasteiger partial charge in [-0.3, -0.25) is 0 Å². The first-order valence-corrected chi connectivity index (χ1v) is 12.8. The number of nitrogens with zero attached hydrogens (tertiary/aromatic N) is 3. The Kier molecular flexibility index (Phi) is 11.5. The lowest BCUT2D eigenvalue weighted by Crippen LogP contribution is -2.74. The van der Waals surface area contributed by atoms with E-state index in [0.29, 0.717) is 0 Å². The Bertz CT molecular complexity index is 1860. The van der Waals surface area contributed by atoms with Gasteiger partial charge >= 0.3 is 65.9 Å². The highest BCUT2D eigenvalue weighted by Crippen LogP contribution is 2.62. The summed E-state index contributed by atoms with van der Waals surface area (Å²) >= 11 is 0. The van der Waals surface area contributed by atoms with Crippen molar-refractivity contribution in [1.82, 2.24) is 15.0 Å². The van der Waals surface area contributed by atoms with Crippen LogP contribution in [0.15, 0.2) is 0 Å². The van der Waals surface area contributed by atoms with Gasteiger partial charge in [0.25, 0.3) is 0 Å². The summed E-state index contributed by atoms with van der Waals surface area (Å²) in [6.07, 6.45) is -6.13. The van der Waals surface area contributed by atoms with Gasteiger partial charge in [0.2, 0.25) is 69.7 Å². The summed E-state index contributed by atoms with van der Waals surface area (Å²) in [6, 6.07) is -7.16. The van der Waals surface area contributed by atoms with E-state index in [2.05, 4.69) is 29.2 Å². The molecule has 1 aromatic heterocycles. The maximum atomic E-state index is 14.4. The molecule has 2 aromatic carbocycles. The van der Waals surface area contributed by atoms with Crippen molar-refractivity contribution in [2.24, 2.45) is 0 Å². The topological polar surface area (TPSA) is 66.4 Å². The molecule has 0 aliphatic rings. The molecule has 0 N–H and O–H groups in total.